The Labute approximate surface area is 146 Å². The van der Waals surface area contributed by atoms with E-state index in [1.165, 1.54) is 24.2 Å². The zero-order valence-electron chi connectivity index (χ0n) is 13.8. The molecule has 5 heteroatoms. The first-order valence-electron chi connectivity index (χ1n) is 8.53. The van der Waals surface area contributed by atoms with Crippen molar-refractivity contribution >= 4 is 17.2 Å². The number of amides is 1. The van der Waals surface area contributed by atoms with Crippen molar-refractivity contribution < 1.29 is 9.53 Å². The minimum atomic E-state index is 0.105. The highest BCUT2D eigenvalue weighted by molar-refractivity contribution is 7.17. The smallest absolute Gasteiger partial charge is 0.267 e. The van der Waals surface area contributed by atoms with Gasteiger partial charge in [0.2, 0.25) is 0 Å². The number of benzene rings is 1. The Hall–Kier alpha value is -1.85. The van der Waals surface area contributed by atoms with Crippen LogP contribution in [0.3, 0.4) is 0 Å². The number of thiophene rings is 1. The molecule has 0 radical (unpaired) electrons. The van der Waals surface area contributed by atoms with Crippen LogP contribution in [-0.4, -0.2) is 43.1 Å². The first kappa shape index (κ1) is 15.7. The molecule has 3 heterocycles. The van der Waals surface area contributed by atoms with Gasteiger partial charge >= 0.3 is 0 Å². The van der Waals surface area contributed by atoms with Crippen LogP contribution in [0, 0.1) is 0 Å². The highest BCUT2D eigenvalue weighted by atomic mass is 32.1. The van der Waals surface area contributed by atoms with Crippen LogP contribution >= 0.6 is 11.3 Å². The van der Waals surface area contributed by atoms with Gasteiger partial charge in [0.25, 0.3) is 5.91 Å². The molecule has 0 spiro atoms. The maximum Gasteiger partial charge on any atom is 0.267 e. The van der Waals surface area contributed by atoms with Gasteiger partial charge in [0.15, 0.2) is 0 Å². The van der Waals surface area contributed by atoms with Crippen molar-refractivity contribution in [1.82, 2.24) is 10.2 Å². The third kappa shape index (κ3) is 2.94. The third-order valence-corrected chi connectivity index (χ3v) is 6.13. The second-order valence-corrected chi connectivity index (χ2v) is 7.60. The summed E-state index contributed by atoms with van der Waals surface area (Å²) in [7, 11) is 1.64. The molecule has 1 N–H and O–H groups in total. The summed E-state index contributed by atoms with van der Waals surface area (Å²) >= 11 is 1.53. The van der Waals surface area contributed by atoms with Gasteiger partial charge < -0.3 is 15.0 Å². The van der Waals surface area contributed by atoms with Crippen molar-refractivity contribution in [3.8, 4) is 16.2 Å². The molecule has 2 aliphatic rings. The van der Waals surface area contributed by atoms with Crippen molar-refractivity contribution in [2.75, 3.05) is 20.2 Å². The molecule has 2 saturated heterocycles. The zero-order chi connectivity index (χ0) is 16.5. The van der Waals surface area contributed by atoms with Gasteiger partial charge in [-0.15, -0.1) is 11.3 Å². The number of carbonyl (C=O) groups excluding carboxylic acids is 1. The van der Waals surface area contributed by atoms with E-state index in [1.807, 2.05) is 29.2 Å². The summed E-state index contributed by atoms with van der Waals surface area (Å²) in [6.07, 6.45) is 3.46. The fourth-order valence-corrected chi connectivity index (χ4v) is 4.79. The summed E-state index contributed by atoms with van der Waals surface area (Å²) < 4.78 is 5.50. The Bertz CT molecular complexity index is 728. The van der Waals surface area contributed by atoms with Gasteiger partial charge in [0.05, 0.1) is 7.11 Å². The molecule has 24 heavy (non-hydrogen) atoms. The minimum absolute atomic E-state index is 0.105. The van der Waals surface area contributed by atoms with Crippen molar-refractivity contribution in [3.63, 3.8) is 0 Å². The van der Waals surface area contributed by atoms with Crippen LogP contribution in [0.1, 0.15) is 28.9 Å². The van der Waals surface area contributed by atoms with Crippen LogP contribution in [0.4, 0.5) is 0 Å². The number of carbonyl (C=O) groups is 1. The second-order valence-electron chi connectivity index (χ2n) is 6.55. The molecule has 1 aromatic heterocycles. The van der Waals surface area contributed by atoms with Crippen molar-refractivity contribution in [2.45, 2.75) is 31.3 Å². The van der Waals surface area contributed by atoms with Gasteiger partial charge in [-0.25, -0.2) is 0 Å². The molecule has 2 bridgehead atoms. The zero-order valence-corrected chi connectivity index (χ0v) is 14.6. The van der Waals surface area contributed by atoms with Gasteiger partial charge in [-0.1, -0.05) is 30.3 Å². The van der Waals surface area contributed by atoms with Crippen LogP contribution in [0.2, 0.25) is 0 Å². The summed E-state index contributed by atoms with van der Waals surface area (Å²) in [6.45, 7) is 1.63. The molecule has 1 aromatic carbocycles. The number of hydrogen-bond donors (Lipinski definition) is 1. The van der Waals surface area contributed by atoms with E-state index in [1.54, 1.807) is 7.11 Å². The van der Waals surface area contributed by atoms with Crippen LogP contribution < -0.4 is 10.1 Å². The highest BCUT2D eigenvalue weighted by Gasteiger charge is 2.33. The van der Waals surface area contributed by atoms with Gasteiger partial charge in [0, 0.05) is 30.1 Å². The van der Waals surface area contributed by atoms with Gasteiger partial charge in [0.1, 0.15) is 10.6 Å². The lowest BCUT2D eigenvalue weighted by molar-refractivity contribution is 0.0750. The normalized spacial score (nSPS) is 23.1. The average Bonchev–Trinajstić information content (AvgIpc) is 3.18. The summed E-state index contributed by atoms with van der Waals surface area (Å²) in [6, 6.07) is 13.2. The number of ether oxygens (including phenoxy) is 1. The summed E-state index contributed by atoms with van der Waals surface area (Å²) in [4.78, 5) is 16.9. The van der Waals surface area contributed by atoms with Crippen LogP contribution in [0.5, 0.6) is 5.75 Å². The van der Waals surface area contributed by atoms with E-state index >= 15 is 0 Å². The molecule has 1 amide bonds. The Balaban J connectivity index is 1.61. The van der Waals surface area contributed by atoms with Crippen molar-refractivity contribution in [3.05, 3.63) is 41.3 Å². The second kappa shape index (κ2) is 6.57. The quantitative estimate of drug-likeness (QED) is 0.930. The Morgan fingerprint density at radius 1 is 1.21 bits per heavy atom. The highest BCUT2D eigenvalue weighted by Crippen LogP contribution is 2.37. The fraction of sp³-hybridized carbons (Fsp3) is 0.421. The van der Waals surface area contributed by atoms with E-state index < -0.39 is 0 Å². The summed E-state index contributed by atoms with van der Waals surface area (Å²) in [5.41, 5.74) is 1.12. The molecule has 126 valence electrons. The first-order chi connectivity index (χ1) is 11.7. The lowest BCUT2D eigenvalue weighted by Gasteiger charge is -2.24. The van der Waals surface area contributed by atoms with Crippen molar-refractivity contribution in [1.29, 1.82) is 0 Å². The topological polar surface area (TPSA) is 41.6 Å². The van der Waals surface area contributed by atoms with Crippen molar-refractivity contribution in [2.24, 2.45) is 0 Å². The summed E-state index contributed by atoms with van der Waals surface area (Å²) in [5, 5.41) is 3.63. The van der Waals surface area contributed by atoms with Gasteiger partial charge in [-0.3, -0.25) is 4.79 Å². The molecule has 0 aliphatic carbocycles. The van der Waals surface area contributed by atoms with Crippen LogP contribution in [0.15, 0.2) is 36.4 Å². The Morgan fingerprint density at radius 2 is 2.00 bits per heavy atom. The largest absolute Gasteiger partial charge is 0.495 e. The first-order valence-corrected chi connectivity index (χ1v) is 9.35. The van der Waals surface area contributed by atoms with E-state index in [0.717, 1.165) is 30.0 Å². The molecular formula is C19H22N2O2S. The van der Waals surface area contributed by atoms with Crippen LogP contribution in [-0.2, 0) is 0 Å². The average molecular weight is 342 g/mol. The monoisotopic (exact) mass is 342 g/mol. The number of nitrogens with one attached hydrogen (secondary N) is 1. The molecular weight excluding hydrogens is 320 g/mol. The Morgan fingerprint density at radius 3 is 2.79 bits per heavy atom. The molecule has 4 rings (SSSR count). The predicted octanol–water partition coefficient (Wildman–Crippen LogP) is 3.39. The molecule has 2 aliphatic heterocycles. The van der Waals surface area contributed by atoms with E-state index in [2.05, 4.69) is 17.4 Å². The lowest BCUT2D eigenvalue weighted by Crippen LogP contribution is -2.38. The SMILES string of the molecule is COc1cc(-c2ccccc2)sc1C(=O)N1CCC2CCC(C1)N2. The molecule has 2 unspecified atom stereocenters. The van der Waals surface area contributed by atoms with E-state index in [9.17, 15) is 4.79 Å². The number of hydrogen-bond acceptors (Lipinski definition) is 4. The van der Waals surface area contributed by atoms with E-state index in [0.29, 0.717) is 22.7 Å². The van der Waals surface area contributed by atoms with Gasteiger partial charge in [-0.2, -0.15) is 0 Å². The molecule has 0 saturated carbocycles. The third-order valence-electron chi connectivity index (χ3n) is 4.98. The molecule has 2 aromatic rings. The van der Waals surface area contributed by atoms with Crippen LogP contribution in [0.25, 0.3) is 10.4 Å². The number of rotatable bonds is 3. The molecule has 4 nitrogen and oxygen atoms in total. The number of nitrogens with zero attached hydrogens (tertiary/aromatic N) is 1. The fourth-order valence-electron chi connectivity index (χ4n) is 3.69. The molecule has 2 fully saturated rings. The summed E-state index contributed by atoms with van der Waals surface area (Å²) in [5.74, 6) is 0.791. The predicted molar refractivity (Wildman–Crippen MR) is 96.8 cm³/mol. The maximum atomic E-state index is 13.1. The molecule has 2 atom stereocenters. The van der Waals surface area contributed by atoms with Gasteiger partial charge in [-0.05, 0) is 30.9 Å². The number of likely N-dealkylation sites (tertiary alicyclic amines) is 1. The standard InChI is InChI=1S/C19H22N2O2S/c1-23-16-11-17(13-5-3-2-4-6-13)24-18(16)19(22)21-10-9-14-7-8-15(12-21)20-14/h2-6,11,14-15,20H,7-10,12H2,1H3. The number of methoxy groups -OCH3 is 1. The minimum Gasteiger partial charge on any atom is -0.495 e. The van der Waals surface area contributed by atoms with E-state index in [4.69, 9.17) is 4.74 Å². The number of fused-ring (bicyclic) bond motifs is 2. The lowest BCUT2D eigenvalue weighted by atomic mass is 10.1. The van der Waals surface area contributed by atoms with E-state index in [-0.39, 0.29) is 5.91 Å². The maximum absolute atomic E-state index is 13.1. The Kier molecular flexibility index (Phi) is 4.29.